The number of amides is 1. The van der Waals surface area contributed by atoms with Crippen molar-refractivity contribution >= 4 is 17.7 Å². The van der Waals surface area contributed by atoms with Gasteiger partial charge in [0.1, 0.15) is 0 Å². The zero-order chi connectivity index (χ0) is 10.6. The Bertz CT molecular complexity index is 343. The third-order valence-electron chi connectivity index (χ3n) is 1.30. The van der Waals surface area contributed by atoms with Gasteiger partial charge in [0.25, 0.3) is 0 Å². The summed E-state index contributed by atoms with van der Waals surface area (Å²) in [7, 11) is 0. The fourth-order valence-corrected chi connectivity index (χ4v) is 0.731. The first-order valence-corrected chi connectivity index (χ1v) is 3.65. The lowest BCUT2D eigenvalue weighted by Gasteiger charge is -2.05. The number of carbonyl (C=O) groups is 1. The second-order valence-electron chi connectivity index (χ2n) is 2.35. The summed E-state index contributed by atoms with van der Waals surface area (Å²) < 4.78 is 12.9. The van der Waals surface area contributed by atoms with E-state index in [-0.39, 0.29) is 18.3 Å². The van der Waals surface area contributed by atoms with Crippen LogP contribution in [0, 0.1) is 5.82 Å². The van der Waals surface area contributed by atoms with Crippen molar-refractivity contribution in [1.82, 2.24) is 9.97 Å². The van der Waals surface area contributed by atoms with E-state index in [0.717, 1.165) is 6.20 Å². The molecule has 0 radical (unpaired) electrons. The molecular formula is C6H9FN6O. The van der Waals surface area contributed by atoms with E-state index >= 15 is 0 Å². The highest BCUT2D eigenvalue weighted by Gasteiger charge is 2.06. The van der Waals surface area contributed by atoms with Gasteiger partial charge in [0.2, 0.25) is 11.9 Å². The number of carbonyl (C=O) groups excluding carboxylic acids is 1. The number of primary amides is 1. The van der Waals surface area contributed by atoms with Crippen molar-refractivity contribution in [2.45, 2.75) is 0 Å². The Hall–Kier alpha value is -1.96. The maximum absolute atomic E-state index is 12.9. The van der Waals surface area contributed by atoms with Crippen molar-refractivity contribution < 1.29 is 9.18 Å². The molecule has 1 amide bonds. The van der Waals surface area contributed by atoms with Gasteiger partial charge >= 0.3 is 0 Å². The number of rotatable bonds is 4. The van der Waals surface area contributed by atoms with Gasteiger partial charge < -0.3 is 11.1 Å². The predicted octanol–water partition coefficient (Wildman–Crippen LogP) is -1.20. The number of halogens is 1. The van der Waals surface area contributed by atoms with Crippen molar-refractivity contribution in [2.75, 3.05) is 17.3 Å². The van der Waals surface area contributed by atoms with Gasteiger partial charge in [0.15, 0.2) is 11.6 Å². The van der Waals surface area contributed by atoms with Gasteiger partial charge in [-0.15, -0.1) is 0 Å². The third kappa shape index (κ3) is 2.52. The Kier molecular flexibility index (Phi) is 3.13. The molecule has 0 aliphatic heterocycles. The van der Waals surface area contributed by atoms with Gasteiger partial charge in [-0.05, 0) is 0 Å². The van der Waals surface area contributed by atoms with Crippen molar-refractivity contribution in [2.24, 2.45) is 11.6 Å². The van der Waals surface area contributed by atoms with Crippen LogP contribution >= 0.6 is 0 Å². The summed E-state index contributed by atoms with van der Waals surface area (Å²) in [5, 5.41) is 2.39. The molecule has 1 heterocycles. The molecule has 0 saturated carbocycles. The highest BCUT2D eigenvalue weighted by atomic mass is 19.1. The number of nitrogen functional groups attached to an aromatic ring is 1. The van der Waals surface area contributed by atoms with Crippen LogP contribution in [0.25, 0.3) is 0 Å². The van der Waals surface area contributed by atoms with E-state index in [9.17, 15) is 9.18 Å². The first kappa shape index (κ1) is 10.1. The third-order valence-corrected chi connectivity index (χ3v) is 1.30. The zero-order valence-corrected chi connectivity index (χ0v) is 7.12. The number of hydrogen-bond acceptors (Lipinski definition) is 6. The summed E-state index contributed by atoms with van der Waals surface area (Å²) >= 11 is 0. The molecule has 0 aromatic carbocycles. The summed E-state index contributed by atoms with van der Waals surface area (Å²) in [4.78, 5) is 17.5. The molecule has 0 spiro atoms. The van der Waals surface area contributed by atoms with Crippen LogP contribution < -0.4 is 22.3 Å². The minimum Gasteiger partial charge on any atom is -0.368 e. The molecule has 0 aliphatic rings. The standard InChI is InChI=1S/C6H9FN6O/c7-3-1-11-6(13-9)12-5(3)10-2-4(8)14/h1H,2,9H2,(H2,8,14)(H2,10,11,12,13). The first-order chi connectivity index (χ1) is 6.63. The van der Waals surface area contributed by atoms with Gasteiger partial charge in [0.05, 0.1) is 12.7 Å². The Morgan fingerprint density at radius 1 is 1.64 bits per heavy atom. The molecule has 0 aliphatic carbocycles. The molecule has 1 aromatic rings. The molecule has 7 nitrogen and oxygen atoms in total. The number of anilines is 2. The fourth-order valence-electron chi connectivity index (χ4n) is 0.731. The van der Waals surface area contributed by atoms with E-state index in [2.05, 4.69) is 20.7 Å². The van der Waals surface area contributed by atoms with Crippen LogP contribution in [0.4, 0.5) is 16.2 Å². The number of hydrogen-bond donors (Lipinski definition) is 4. The molecule has 6 N–H and O–H groups in total. The van der Waals surface area contributed by atoms with Gasteiger partial charge in [-0.3, -0.25) is 10.2 Å². The number of nitrogens with zero attached hydrogens (tertiary/aromatic N) is 2. The second kappa shape index (κ2) is 4.33. The van der Waals surface area contributed by atoms with Crippen LogP contribution in [0.1, 0.15) is 0 Å². The molecule has 0 unspecified atom stereocenters. The lowest BCUT2D eigenvalue weighted by Crippen LogP contribution is -2.23. The van der Waals surface area contributed by atoms with Crippen LogP contribution in [0.3, 0.4) is 0 Å². The van der Waals surface area contributed by atoms with Gasteiger partial charge in [0, 0.05) is 0 Å². The van der Waals surface area contributed by atoms with Crippen LogP contribution in [0.2, 0.25) is 0 Å². The average Bonchev–Trinajstić information content (AvgIpc) is 2.16. The van der Waals surface area contributed by atoms with E-state index in [1.165, 1.54) is 0 Å². The number of nitrogens with one attached hydrogen (secondary N) is 2. The van der Waals surface area contributed by atoms with E-state index < -0.39 is 11.7 Å². The van der Waals surface area contributed by atoms with Crippen LogP contribution in [-0.2, 0) is 4.79 Å². The van der Waals surface area contributed by atoms with Crippen molar-refractivity contribution in [3.05, 3.63) is 12.0 Å². The summed E-state index contributed by atoms with van der Waals surface area (Å²) in [6.07, 6.45) is 0.922. The van der Waals surface area contributed by atoms with E-state index in [0.29, 0.717) is 0 Å². The molecule has 14 heavy (non-hydrogen) atoms. The highest BCUT2D eigenvalue weighted by molar-refractivity contribution is 5.78. The molecule has 76 valence electrons. The fraction of sp³-hybridized carbons (Fsp3) is 0.167. The Morgan fingerprint density at radius 2 is 2.36 bits per heavy atom. The maximum atomic E-state index is 12.9. The topological polar surface area (TPSA) is 119 Å². The first-order valence-electron chi connectivity index (χ1n) is 3.65. The number of aromatic nitrogens is 2. The highest BCUT2D eigenvalue weighted by Crippen LogP contribution is 2.10. The van der Waals surface area contributed by atoms with Gasteiger partial charge in [-0.1, -0.05) is 0 Å². The number of hydrazine groups is 1. The molecule has 0 saturated heterocycles. The van der Waals surface area contributed by atoms with E-state index in [1.54, 1.807) is 0 Å². The van der Waals surface area contributed by atoms with Crippen LogP contribution in [0.5, 0.6) is 0 Å². The van der Waals surface area contributed by atoms with Crippen molar-refractivity contribution in [3.8, 4) is 0 Å². The van der Waals surface area contributed by atoms with Crippen LogP contribution in [0.15, 0.2) is 6.20 Å². The summed E-state index contributed by atoms with van der Waals surface area (Å²) in [6.45, 7) is -0.210. The normalized spacial score (nSPS) is 9.57. The second-order valence-corrected chi connectivity index (χ2v) is 2.35. The molecule has 0 atom stereocenters. The Balaban J connectivity index is 2.78. The van der Waals surface area contributed by atoms with Crippen molar-refractivity contribution in [1.29, 1.82) is 0 Å². The smallest absolute Gasteiger partial charge is 0.239 e. The quantitative estimate of drug-likeness (QED) is 0.358. The maximum Gasteiger partial charge on any atom is 0.239 e. The summed E-state index contributed by atoms with van der Waals surface area (Å²) in [6, 6.07) is 0. The molecule has 1 aromatic heterocycles. The predicted molar refractivity (Wildman–Crippen MR) is 47.5 cm³/mol. The minimum atomic E-state index is -0.690. The Labute approximate surface area is 78.7 Å². The van der Waals surface area contributed by atoms with Gasteiger partial charge in [-0.25, -0.2) is 15.2 Å². The molecule has 0 bridgehead atoms. The van der Waals surface area contributed by atoms with Crippen LogP contribution in [-0.4, -0.2) is 22.4 Å². The monoisotopic (exact) mass is 200 g/mol. The lowest BCUT2D eigenvalue weighted by molar-refractivity contribution is -0.116. The SMILES string of the molecule is NNc1ncc(F)c(NCC(N)=O)n1. The average molecular weight is 200 g/mol. The number of nitrogens with two attached hydrogens (primary N) is 2. The molecule has 8 heteroatoms. The lowest BCUT2D eigenvalue weighted by atomic mass is 10.5. The van der Waals surface area contributed by atoms with E-state index in [1.807, 2.05) is 0 Å². The van der Waals surface area contributed by atoms with Gasteiger partial charge in [-0.2, -0.15) is 4.98 Å². The largest absolute Gasteiger partial charge is 0.368 e. The molecule has 0 fully saturated rings. The zero-order valence-electron chi connectivity index (χ0n) is 7.12. The van der Waals surface area contributed by atoms with Crippen molar-refractivity contribution in [3.63, 3.8) is 0 Å². The summed E-state index contributed by atoms with van der Waals surface area (Å²) in [5.41, 5.74) is 6.99. The Morgan fingerprint density at radius 3 is 2.93 bits per heavy atom. The van der Waals surface area contributed by atoms with E-state index in [4.69, 9.17) is 11.6 Å². The minimum absolute atomic E-state index is 0.0402. The molecule has 1 rings (SSSR count). The molecular weight excluding hydrogens is 191 g/mol. The summed E-state index contributed by atoms with van der Waals surface area (Å²) in [5.74, 6) is 3.61.